The smallest absolute Gasteiger partial charge is 0.264 e. The number of nitrogen functional groups attached to an aromatic ring is 1. The summed E-state index contributed by atoms with van der Waals surface area (Å²) in [5, 5.41) is 0.851. The summed E-state index contributed by atoms with van der Waals surface area (Å²) in [4.78, 5) is -0.115. The number of rotatable bonds is 3. The zero-order valence-electron chi connectivity index (χ0n) is 9.90. The van der Waals surface area contributed by atoms with Gasteiger partial charge in [-0.3, -0.25) is 4.72 Å². The van der Waals surface area contributed by atoms with Crippen molar-refractivity contribution in [1.82, 2.24) is 0 Å². The molecule has 106 valence electrons. The molecule has 0 unspecified atom stereocenters. The van der Waals surface area contributed by atoms with Crippen LogP contribution < -0.4 is 10.5 Å². The average molecular weight is 352 g/mol. The van der Waals surface area contributed by atoms with Crippen LogP contribution in [0.1, 0.15) is 0 Å². The summed E-state index contributed by atoms with van der Waals surface area (Å²) in [5.41, 5.74) is 5.95. The third kappa shape index (κ3) is 3.30. The zero-order chi connectivity index (χ0) is 14.9. The second kappa shape index (κ2) is 5.69. The molecule has 0 aliphatic heterocycles. The highest BCUT2D eigenvalue weighted by molar-refractivity contribution is 7.92. The molecule has 0 aromatic heterocycles. The van der Waals surface area contributed by atoms with Gasteiger partial charge in [-0.25, -0.2) is 8.42 Å². The Morgan fingerprint density at radius 1 is 0.950 bits per heavy atom. The molecule has 3 N–H and O–H groups in total. The van der Waals surface area contributed by atoms with Gasteiger partial charge in [-0.05, 0) is 36.4 Å². The van der Waals surface area contributed by atoms with Crippen molar-refractivity contribution in [3.63, 3.8) is 0 Å². The van der Waals surface area contributed by atoms with Gasteiger partial charge in [0.15, 0.2) is 0 Å². The number of nitrogens with one attached hydrogen (secondary N) is 1. The lowest BCUT2D eigenvalue weighted by atomic mass is 10.3. The fraction of sp³-hybridized carbons (Fsp3) is 0. The molecular formula is C12H9Cl3N2O2S. The molecule has 8 heteroatoms. The Balaban J connectivity index is 2.43. The van der Waals surface area contributed by atoms with Gasteiger partial charge in [0, 0.05) is 10.0 Å². The Hall–Kier alpha value is -1.14. The van der Waals surface area contributed by atoms with Crippen molar-refractivity contribution in [3.8, 4) is 0 Å². The van der Waals surface area contributed by atoms with E-state index in [-0.39, 0.29) is 26.3 Å². The number of halogens is 3. The maximum absolute atomic E-state index is 12.3. The molecule has 0 fully saturated rings. The van der Waals surface area contributed by atoms with E-state index in [1.54, 1.807) is 0 Å². The van der Waals surface area contributed by atoms with Crippen LogP contribution in [0.2, 0.25) is 15.1 Å². The van der Waals surface area contributed by atoms with E-state index in [0.29, 0.717) is 5.02 Å². The minimum absolute atomic E-state index is 0.0898. The lowest BCUT2D eigenvalue weighted by Gasteiger charge is -2.11. The predicted octanol–water partition coefficient (Wildman–Crippen LogP) is 4.03. The fourth-order valence-corrected chi connectivity index (χ4v) is 3.50. The largest absolute Gasteiger partial charge is 0.398 e. The Morgan fingerprint density at radius 3 is 2.20 bits per heavy atom. The molecule has 0 aliphatic rings. The van der Waals surface area contributed by atoms with Gasteiger partial charge in [0.2, 0.25) is 0 Å². The Kier molecular flexibility index (Phi) is 4.34. The Morgan fingerprint density at radius 2 is 1.55 bits per heavy atom. The molecule has 0 saturated heterocycles. The van der Waals surface area contributed by atoms with E-state index in [9.17, 15) is 8.42 Å². The first-order valence-electron chi connectivity index (χ1n) is 5.32. The molecule has 0 spiro atoms. The first kappa shape index (κ1) is 15.3. The Labute approximate surface area is 131 Å². The van der Waals surface area contributed by atoms with Crippen LogP contribution in [0.3, 0.4) is 0 Å². The number of hydrogen-bond acceptors (Lipinski definition) is 3. The van der Waals surface area contributed by atoms with Crippen molar-refractivity contribution in [2.24, 2.45) is 0 Å². The van der Waals surface area contributed by atoms with Crippen molar-refractivity contribution < 1.29 is 8.42 Å². The number of hydrogen-bond donors (Lipinski definition) is 2. The first-order valence-corrected chi connectivity index (χ1v) is 7.94. The molecule has 0 aliphatic carbocycles. The number of sulfonamides is 1. The van der Waals surface area contributed by atoms with Crippen molar-refractivity contribution in [1.29, 1.82) is 0 Å². The van der Waals surface area contributed by atoms with E-state index in [1.807, 2.05) is 0 Å². The molecule has 0 bridgehead atoms. The summed E-state index contributed by atoms with van der Waals surface area (Å²) in [6, 6.07) is 8.60. The lowest BCUT2D eigenvalue weighted by molar-refractivity contribution is 0.601. The summed E-state index contributed by atoms with van der Waals surface area (Å²) < 4.78 is 26.9. The zero-order valence-corrected chi connectivity index (χ0v) is 13.0. The second-order valence-electron chi connectivity index (χ2n) is 3.91. The lowest BCUT2D eigenvalue weighted by Crippen LogP contribution is -2.15. The van der Waals surface area contributed by atoms with Gasteiger partial charge in [0.1, 0.15) is 4.90 Å². The summed E-state index contributed by atoms with van der Waals surface area (Å²) in [5.74, 6) is 0. The number of benzene rings is 2. The van der Waals surface area contributed by atoms with E-state index in [1.165, 1.54) is 36.4 Å². The van der Waals surface area contributed by atoms with Gasteiger partial charge in [0.25, 0.3) is 10.0 Å². The maximum Gasteiger partial charge on any atom is 0.264 e. The van der Waals surface area contributed by atoms with E-state index >= 15 is 0 Å². The van der Waals surface area contributed by atoms with Crippen LogP contribution in [-0.2, 0) is 10.0 Å². The van der Waals surface area contributed by atoms with Crippen molar-refractivity contribution in [3.05, 3.63) is 51.5 Å². The number of anilines is 2. The highest BCUT2D eigenvalue weighted by Crippen LogP contribution is 2.29. The van der Waals surface area contributed by atoms with E-state index in [0.717, 1.165) is 0 Å². The molecule has 0 atom stereocenters. The van der Waals surface area contributed by atoms with Crippen LogP contribution in [0.15, 0.2) is 41.3 Å². The first-order chi connectivity index (χ1) is 9.29. The van der Waals surface area contributed by atoms with Gasteiger partial charge in [-0.2, -0.15) is 0 Å². The molecule has 2 aromatic carbocycles. The fourth-order valence-electron chi connectivity index (χ4n) is 1.51. The summed E-state index contributed by atoms with van der Waals surface area (Å²) in [6.45, 7) is 0. The summed E-state index contributed by atoms with van der Waals surface area (Å²) >= 11 is 17.5. The van der Waals surface area contributed by atoms with Crippen LogP contribution in [0.5, 0.6) is 0 Å². The minimum atomic E-state index is -3.89. The maximum atomic E-state index is 12.3. The molecule has 2 aromatic rings. The van der Waals surface area contributed by atoms with Gasteiger partial charge in [-0.1, -0.05) is 34.8 Å². The highest BCUT2D eigenvalue weighted by Gasteiger charge is 2.19. The molecule has 0 heterocycles. The molecule has 4 nitrogen and oxygen atoms in total. The monoisotopic (exact) mass is 350 g/mol. The van der Waals surface area contributed by atoms with Gasteiger partial charge in [0.05, 0.1) is 16.4 Å². The highest BCUT2D eigenvalue weighted by atomic mass is 35.5. The van der Waals surface area contributed by atoms with E-state index < -0.39 is 10.0 Å². The SMILES string of the molecule is Nc1ccc(Cl)cc1S(=O)(=O)Nc1ccc(Cl)cc1Cl. The Bertz CT molecular complexity index is 763. The van der Waals surface area contributed by atoms with E-state index in [2.05, 4.69) is 4.72 Å². The molecule has 20 heavy (non-hydrogen) atoms. The van der Waals surface area contributed by atoms with Crippen LogP contribution in [0, 0.1) is 0 Å². The summed E-state index contributed by atoms with van der Waals surface area (Å²) in [7, 11) is -3.89. The molecule has 0 amide bonds. The topological polar surface area (TPSA) is 72.2 Å². The molecule has 2 rings (SSSR count). The normalized spacial score (nSPS) is 11.3. The van der Waals surface area contributed by atoms with E-state index in [4.69, 9.17) is 40.5 Å². The minimum Gasteiger partial charge on any atom is -0.398 e. The summed E-state index contributed by atoms with van der Waals surface area (Å²) in [6.07, 6.45) is 0. The molecule has 0 radical (unpaired) electrons. The molecular weight excluding hydrogens is 343 g/mol. The van der Waals surface area contributed by atoms with Crippen molar-refractivity contribution in [2.75, 3.05) is 10.5 Å². The number of nitrogens with two attached hydrogens (primary N) is 1. The van der Waals surface area contributed by atoms with Crippen LogP contribution in [0.4, 0.5) is 11.4 Å². The average Bonchev–Trinajstić information content (AvgIpc) is 2.35. The quantitative estimate of drug-likeness (QED) is 0.820. The van der Waals surface area contributed by atoms with Gasteiger partial charge < -0.3 is 5.73 Å². The van der Waals surface area contributed by atoms with Gasteiger partial charge in [-0.15, -0.1) is 0 Å². The van der Waals surface area contributed by atoms with Crippen molar-refractivity contribution >= 4 is 56.2 Å². The van der Waals surface area contributed by atoms with Gasteiger partial charge >= 0.3 is 0 Å². The third-order valence-corrected chi connectivity index (χ3v) is 4.64. The molecule has 0 saturated carbocycles. The predicted molar refractivity (Wildman–Crippen MR) is 83.1 cm³/mol. The second-order valence-corrected chi connectivity index (χ2v) is 6.84. The van der Waals surface area contributed by atoms with Crippen LogP contribution >= 0.6 is 34.8 Å². The van der Waals surface area contributed by atoms with Crippen LogP contribution in [-0.4, -0.2) is 8.42 Å². The van der Waals surface area contributed by atoms with Crippen LogP contribution in [0.25, 0.3) is 0 Å². The standard InChI is InChI=1S/C12H9Cl3N2O2S/c13-7-2-4-11(9(15)5-7)17-20(18,19)12-6-8(14)1-3-10(12)16/h1-6,17H,16H2. The third-order valence-electron chi connectivity index (χ3n) is 2.44. The van der Waals surface area contributed by atoms with Crippen molar-refractivity contribution in [2.45, 2.75) is 4.90 Å².